The highest BCUT2D eigenvalue weighted by Gasteiger charge is 2.29. The van der Waals surface area contributed by atoms with Crippen molar-refractivity contribution in [2.24, 2.45) is 0 Å². The molecule has 1 aliphatic rings. The van der Waals surface area contributed by atoms with Gasteiger partial charge in [0.1, 0.15) is 0 Å². The number of rotatable bonds is 3. The van der Waals surface area contributed by atoms with E-state index in [2.05, 4.69) is 10.6 Å². The molecule has 1 aromatic rings. The summed E-state index contributed by atoms with van der Waals surface area (Å²) in [6.45, 7) is 1.16. The van der Waals surface area contributed by atoms with E-state index in [1.54, 1.807) is 0 Å². The fourth-order valence-electron chi connectivity index (χ4n) is 2.22. The van der Waals surface area contributed by atoms with E-state index in [4.69, 9.17) is 0 Å². The number of halogens is 3. The van der Waals surface area contributed by atoms with Crippen LogP contribution in [0, 0.1) is 0 Å². The van der Waals surface area contributed by atoms with Gasteiger partial charge in [-0.05, 0) is 30.5 Å². The molecular formula is C14H17F3N2O. The maximum atomic E-state index is 12.4. The summed E-state index contributed by atoms with van der Waals surface area (Å²) < 4.78 is 37.3. The van der Waals surface area contributed by atoms with E-state index < -0.39 is 11.7 Å². The molecule has 20 heavy (non-hydrogen) atoms. The lowest BCUT2D eigenvalue weighted by Gasteiger charge is -2.15. The van der Waals surface area contributed by atoms with Gasteiger partial charge >= 0.3 is 6.18 Å². The molecule has 0 spiro atoms. The molecule has 3 nitrogen and oxygen atoms in total. The minimum Gasteiger partial charge on any atom is -0.356 e. The van der Waals surface area contributed by atoms with Gasteiger partial charge in [0.25, 0.3) is 0 Å². The molecule has 1 saturated heterocycles. The number of hydrogen-bond donors (Lipinski definition) is 2. The summed E-state index contributed by atoms with van der Waals surface area (Å²) in [6.07, 6.45) is -2.08. The first kappa shape index (κ1) is 14.8. The third-order valence-electron chi connectivity index (χ3n) is 3.36. The summed E-state index contributed by atoms with van der Waals surface area (Å²) in [5.41, 5.74) is 0.137. The molecule has 1 unspecified atom stereocenters. The van der Waals surface area contributed by atoms with Crippen molar-refractivity contribution < 1.29 is 18.0 Å². The van der Waals surface area contributed by atoms with Crippen LogP contribution < -0.4 is 10.6 Å². The molecule has 1 atom stereocenters. The van der Waals surface area contributed by atoms with Crippen LogP contribution in [0.25, 0.3) is 0 Å². The Hall–Kier alpha value is -1.56. The number of hydrogen-bond acceptors (Lipinski definition) is 2. The number of alkyl halides is 3. The zero-order chi connectivity index (χ0) is 14.6. The normalized spacial score (nSPS) is 20.4. The van der Waals surface area contributed by atoms with E-state index in [0.717, 1.165) is 30.5 Å². The second-order valence-electron chi connectivity index (χ2n) is 4.97. The number of amides is 1. The predicted molar refractivity (Wildman–Crippen MR) is 68.9 cm³/mol. The molecule has 2 N–H and O–H groups in total. The van der Waals surface area contributed by atoms with E-state index in [9.17, 15) is 18.0 Å². The summed E-state index contributed by atoms with van der Waals surface area (Å²) in [5, 5.41) is 6.02. The Morgan fingerprint density at radius 1 is 1.25 bits per heavy atom. The Kier molecular flexibility index (Phi) is 4.65. The maximum Gasteiger partial charge on any atom is 0.416 e. The molecular weight excluding hydrogens is 269 g/mol. The van der Waals surface area contributed by atoms with Gasteiger partial charge in [-0.25, -0.2) is 0 Å². The first-order valence-corrected chi connectivity index (χ1v) is 6.61. The molecule has 1 aliphatic heterocycles. The fourth-order valence-corrected chi connectivity index (χ4v) is 2.22. The zero-order valence-electron chi connectivity index (χ0n) is 11.0. The van der Waals surface area contributed by atoms with Crippen molar-refractivity contribution in [1.82, 2.24) is 10.6 Å². The van der Waals surface area contributed by atoms with Crippen molar-refractivity contribution in [3.63, 3.8) is 0 Å². The first-order valence-electron chi connectivity index (χ1n) is 6.61. The Bertz CT molecular complexity index is 456. The molecule has 2 rings (SSSR count). The molecule has 0 radical (unpaired) electrons. The smallest absolute Gasteiger partial charge is 0.356 e. The molecule has 6 heteroatoms. The molecule has 0 bridgehead atoms. The number of carbonyl (C=O) groups excluding carboxylic acids is 1. The summed E-state index contributed by atoms with van der Waals surface area (Å²) in [4.78, 5) is 11.4. The van der Waals surface area contributed by atoms with Crippen LogP contribution in [0.3, 0.4) is 0 Å². The lowest BCUT2D eigenvalue weighted by molar-refractivity contribution is -0.137. The van der Waals surface area contributed by atoms with Gasteiger partial charge in [0, 0.05) is 25.6 Å². The molecule has 1 heterocycles. The highest BCUT2D eigenvalue weighted by Crippen LogP contribution is 2.29. The van der Waals surface area contributed by atoms with Crippen LogP contribution in [0.5, 0.6) is 0 Å². The van der Waals surface area contributed by atoms with Gasteiger partial charge in [-0.3, -0.25) is 4.79 Å². The predicted octanol–water partition coefficient (Wildman–Crippen LogP) is 2.46. The number of carbonyl (C=O) groups is 1. The van der Waals surface area contributed by atoms with Gasteiger partial charge < -0.3 is 10.6 Å². The van der Waals surface area contributed by atoms with E-state index in [0.29, 0.717) is 19.5 Å². The lowest BCUT2D eigenvalue weighted by Crippen LogP contribution is -2.32. The highest BCUT2D eigenvalue weighted by molar-refractivity contribution is 5.76. The van der Waals surface area contributed by atoms with Gasteiger partial charge in [0.2, 0.25) is 5.91 Å². The summed E-state index contributed by atoms with van der Waals surface area (Å²) in [7, 11) is 0. The van der Waals surface area contributed by atoms with Crippen LogP contribution in [-0.4, -0.2) is 18.5 Å². The molecule has 0 aliphatic carbocycles. The van der Waals surface area contributed by atoms with Gasteiger partial charge in [0.15, 0.2) is 0 Å². The van der Waals surface area contributed by atoms with E-state index >= 15 is 0 Å². The van der Waals surface area contributed by atoms with Crippen molar-refractivity contribution in [2.45, 2.75) is 38.0 Å². The van der Waals surface area contributed by atoms with Gasteiger partial charge in [0.05, 0.1) is 5.56 Å². The summed E-state index contributed by atoms with van der Waals surface area (Å²) >= 11 is 0. The topological polar surface area (TPSA) is 41.1 Å². The van der Waals surface area contributed by atoms with E-state index in [-0.39, 0.29) is 11.9 Å². The van der Waals surface area contributed by atoms with Crippen molar-refractivity contribution in [1.29, 1.82) is 0 Å². The Morgan fingerprint density at radius 2 is 1.95 bits per heavy atom. The Balaban J connectivity index is 1.89. The van der Waals surface area contributed by atoms with Crippen LogP contribution in [0.4, 0.5) is 13.2 Å². The van der Waals surface area contributed by atoms with Gasteiger partial charge in [-0.15, -0.1) is 0 Å². The van der Waals surface area contributed by atoms with Crippen LogP contribution >= 0.6 is 0 Å². The fraction of sp³-hybridized carbons (Fsp3) is 0.500. The van der Waals surface area contributed by atoms with Gasteiger partial charge in [-0.2, -0.15) is 13.2 Å². The third kappa shape index (κ3) is 4.23. The quantitative estimate of drug-likeness (QED) is 0.896. The number of benzene rings is 1. The summed E-state index contributed by atoms with van der Waals surface area (Å²) in [6, 6.07) is 5.17. The third-order valence-corrected chi connectivity index (χ3v) is 3.36. The zero-order valence-corrected chi connectivity index (χ0v) is 11.0. The minimum absolute atomic E-state index is 0.0208. The molecule has 1 fully saturated rings. The van der Waals surface area contributed by atoms with Crippen molar-refractivity contribution in [3.8, 4) is 0 Å². The molecule has 110 valence electrons. The Morgan fingerprint density at radius 3 is 2.60 bits per heavy atom. The maximum absolute atomic E-state index is 12.4. The van der Waals surface area contributed by atoms with E-state index in [1.165, 1.54) is 12.1 Å². The minimum atomic E-state index is -4.30. The largest absolute Gasteiger partial charge is 0.416 e. The van der Waals surface area contributed by atoms with Crippen LogP contribution in [0.2, 0.25) is 0 Å². The Labute approximate surface area is 115 Å². The second kappa shape index (κ2) is 6.26. The lowest BCUT2D eigenvalue weighted by atomic mass is 10.1. The first-order chi connectivity index (χ1) is 9.45. The molecule has 1 amide bonds. The van der Waals surface area contributed by atoms with Crippen molar-refractivity contribution >= 4 is 5.91 Å². The summed E-state index contributed by atoms with van der Waals surface area (Å²) in [5.74, 6) is 0.0208. The molecule has 0 aromatic heterocycles. The average molecular weight is 286 g/mol. The average Bonchev–Trinajstić information content (AvgIpc) is 2.60. The molecule has 1 aromatic carbocycles. The standard InChI is InChI=1S/C14H17F3N2O/c15-14(16,17)11-5-3-10(4-6-11)9-19-12-2-1-7-18-13(20)8-12/h3-6,12,19H,1-2,7-9H2,(H,18,20). The van der Waals surface area contributed by atoms with Gasteiger partial charge in [-0.1, -0.05) is 12.1 Å². The van der Waals surface area contributed by atoms with Crippen LogP contribution in [0.15, 0.2) is 24.3 Å². The second-order valence-corrected chi connectivity index (χ2v) is 4.97. The van der Waals surface area contributed by atoms with Crippen molar-refractivity contribution in [3.05, 3.63) is 35.4 Å². The van der Waals surface area contributed by atoms with Crippen molar-refractivity contribution in [2.75, 3.05) is 6.54 Å². The highest BCUT2D eigenvalue weighted by atomic mass is 19.4. The SMILES string of the molecule is O=C1CC(NCc2ccc(C(F)(F)F)cc2)CCCN1. The monoisotopic (exact) mass is 286 g/mol. The molecule has 0 saturated carbocycles. The number of nitrogens with one attached hydrogen (secondary N) is 2. The van der Waals surface area contributed by atoms with E-state index in [1.807, 2.05) is 0 Å². The van der Waals surface area contributed by atoms with Crippen LogP contribution in [0.1, 0.15) is 30.4 Å². The van der Waals surface area contributed by atoms with Crippen LogP contribution in [-0.2, 0) is 17.5 Å².